The van der Waals surface area contributed by atoms with Gasteiger partial charge in [-0.25, -0.2) is 9.13 Å². The molecule has 0 aromatic rings. The minimum absolute atomic E-state index is 0.108. The van der Waals surface area contributed by atoms with Crippen molar-refractivity contribution in [2.75, 3.05) is 39.6 Å². The molecule has 17 nitrogen and oxygen atoms in total. The van der Waals surface area contributed by atoms with Crippen LogP contribution in [0.5, 0.6) is 0 Å². The number of hydrogen-bond acceptors (Lipinski definition) is 15. The van der Waals surface area contributed by atoms with Crippen molar-refractivity contribution in [1.29, 1.82) is 0 Å². The number of esters is 4. The van der Waals surface area contributed by atoms with Crippen molar-refractivity contribution < 1.29 is 80.2 Å². The Morgan fingerprint density at radius 3 is 0.648 bits per heavy atom. The molecule has 2 unspecified atom stereocenters. The predicted octanol–water partition coefficient (Wildman–Crippen LogP) is 26.4. The number of aliphatic hydroxyl groups excluding tert-OH is 1. The van der Waals surface area contributed by atoms with Crippen molar-refractivity contribution in [3.8, 4) is 0 Å². The minimum Gasteiger partial charge on any atom is -0.462 e. The summed E-state index contributed by atoms with van der Waals surface area (Å²) in [5.74, 6) is -1.32. The van der Waals surface area contributed by atoms with E-state index in [1.165, 1.54) is 289 Å². The van der Waals surface area contributed by atoms with E-state index in [-0.39, 0.29) is 25.7 Å². The Balaban J connectivity index is 5.25. The SMILES string of the molecule is CCCCCCCCCCCCCCCCCCCCCC(=O)OC[C@H](COP(=O)(O)OC[C@@H](O)COP(=O)(O)OC[C@@H](COC(=O)CCCCCCCCCCCCCC)OC(=O)CCCCCCCCCCCCCCC(C)C)OC(=O)CCCCCCCCCCCCCCCCCCCCC. The summed E-state index contributed by atoms with van der Waals surface area (Å²) in [6.45, 7) is 7.38. The van der Waals surface area contributed by atoms with E-state index in [2.05, 4.69) is 34.6 Å². The molecule has 624 valence electrons. The lowest BCUT2D eigenvalue weighted by molar-refractivity contribution is -0.161. The molecule has 5 atom stereocenters. The molecule has 0 aliphatic rings. The van der Waals surface area contributed by atoms with Crippen molar-refractivity contribution >= 4 is 39.5 Å². The predicted molar refractivity (Wildman–Crippen MR) is 432 cm³/mol. The van der Waals surface area contributed by atoms with Crippen LogP contribution in [0, 0.1) is 5.92 Å². The van der Waals surface area contributed by atoms with Gasteiger partial charge in [0.1, 0.15) is 19.3 Å². The zero-order valence-corrected chi connectivity index (χ0v) is 70.7. The molecule has 0 saturated carbocycles. The molecule has 0 fully saturated rings. The van der Waals surface area contributed by atoms with Crippen molar-refractivity contribution in [2.45, 2.75) is 483 Å². The summed E-state index contributed by atoms with van der Waals surface area (Å²) in [4.78, 5) is 73.3. The Morgan fingerprint density at radius 2 is 0.438 bits per heavy atom. The Labute approximate surface area is 645 Å². The van der Waals surface area contributed by atoms with Crippen LogP contribution >= 0.6 is 15.6 Å². The number of ether oxygens (including phenoxy) is 4. The highest BCUT2D eigenvalue weighted by molar-refractivity contribution is 7.47. The fourth-order valence-corrected chi connectivity index (χ4v) is 15.1. The van der Waals surface area contributed by atoms with E-state index in [4.69, 9.17) is 37.0 Å². The second-order valence-corrected chi connectivity index (χ2v) is 34.3. The third-order valence-electron chi connectivity index (χ3n) is 20.3. The molecule has 0 spiro atoms. The van der Waals surface area contributed by atoms with Gasteiger partial charge >= 0.3 is 39.5 Å². The highest BCUT2D eigenvalue weighted by Crippen LogP contribution is 2.45. The Kier molecular flexibility index (Phi) is 77.3. The fraction of sp³-hybridized carbons (Fsp3) is 0.953. The lowest BCUT2D eigenvalue weighted by atomic mass is 10.0. The van der Waals surface area contributed by atoms with E-state index in [0.717, 1.165) is 95.8 Å². The molecule has 0 heterocycles. The normalized spacial score (nSPS) is 13.8. The first-order valence-electron chi connectivity index (χ1n) is 44.6. The molecular weight excluding hydrogens is 1370 g/mol. The molecule has 105 heavy (non-hydrogen) atoms. The molecule has 0 bridgehead atoms. The number of carbonyl (C=O) groups is 4. The number of hydrogen-bond donors (Lipinski definition) is 3. The van der Waals surface area contributed by atoms with Crippen LogP contribution in [0.25, 0.3) is 0 Å². The van der Waals surface area contributed by atoms with Gasteiger partial charge in [0.05, 0.1) is 26.4 Å². The van der Waals surface area contributed by atoms with Gasteiger partial charge in [-0.3, -0.25) is 37.3 Å². The maximum absolute atomic E-state index is 13.1. The van der Waals surface area contributed by atoms with Gasteiger partial charge in [0.15, 0.2) is 12.2 Å². The third kappa shape index (κ3) is 79.9. The van der Waals surface area contributed by atoms with Crippen molar-refractivity contribution in [3.63, 3.8) is 0 Å². The van der Waals surface area contributed by atoms with Crippen LogP contribution in [0.4, 0.5) is 0 Å². The van der Waals surface area contributed by atoms with Crippen LogP contribution in [-0.2, 0) is 65.4 Å². The lowest BCUT2D eigenvalue weighted by Gasteiger charge is -2.21. The molecule has 0 radical (unpaired) electrons. The average molecular weight is 1540 g/mol. The summed E-state index contributed by atoms with van der Waals surface area (Å²) in [5.41, 5.74) is 0. The molecular formula is C86H168O17P2. The van der Waals surface area contributed by atoms with Gasteiger partial charge in [-0.15, -0.1) is 0 Å². The summed E-state index contributed by atoms with van der Waals surface area (Å²) < 4.78 is 68.9. The van der Waals surface area contributed by atoms with E-state index in [0.29, 0.717) is 25.7 Å². The highest BCUT2D eigenvalue weighted by atomic mass is 31.2. The monoisotopic (exact) mass is 1540 g/mol. The maximum atomic E-state index is 13.1. The summed E-state index contributed by atoms with van der Waals surface area (Å²) in [5, 5.41) is 10.7. The van der Waals surface area contributed by atoms with Crippen LogP contribution in [0.2, 0.25) is 0 Å². The molecule has 0 aromatic carbocycles. The summed E-state index contributed by atoms with van der Waals surface area (Å²) in [6.07, 6.45) is 72.1. The largest absolute Gasteiger partial charge is 0.472 e. The number of carbonyl (C=O) groups excluding carboxylic acids is 4. The summed E-state index contributed by atoms with van der Waals surface area (Å²) >= 11 is 0. The quantitative estimate of drug-likeness (QED) is 0.0222. The van der Waals surface area contributed by atoms with Gasteiger partial charge in [-0.1, -0.05) is 413 Å². The Bertz CT molecular complexity index is 2000. The zero-order chi connectivity index (χ0) is 76.9. The van der Waals surface area contributed by atoms with Crippen LogP contribution in [0.1, 0.15) is 465 Å². The number of aliphatic hydroxyl groups is 1. The van der Waals surface area contributed by atoms with Crippen molar-refractivity contribution in [3.05, 3.63) is 0 Å². The molecule has 0 rings (SSSR count). The van der Waals surface area contributed by atoms with Crippen LogP contribution in [-0.4, -0.2) is 96.7 Å². The Hall–Kier alpha value is -1.94. The number of rotatable bonds is 86. The van der Waals surface area contributed by atoms with Gasteiger partial charge in [0.25, 0.3) is 0 Å². The van der Waals surface area contributed by atoms with Gasteiger partial charge < -0.3 is 33.8 Å². The minimum atomic E-state index is -4.97. The molecule has 0 saturated heterocycles. The number of unbranched alkanes of at least 4 members (excludes halogenated alkanes) is 58. The maximum Gasteiger partial charge on any atom is 0.472 e. The first kappa shape index (κ1) is 103. The molecule has 0 aliphatic heterocycles. The van der Waals surface area contributed by atoms with E-state index < -0.39 is 97.5 Å². The summed E-state index contributed by atoms with van der Waals surface area (Å²) in [7, 11) is -9.93. The average Bonchev–Trinajstić information content (AvgIpc) is 0.910. The lowest BCUT2D eigenvalue weighted by Crippen LogP contribution is -2.30. The van der Waals surface area contributed by atoms with E-state index in [1.807, 2.05) is 0 Å². The molecule has 0 amide bonds. The van der Waals surface area contributed by atoms with Crippen molar-refractivity contribution in [1.82, 2.24) is 0 Å². The molecule has 19 heteroatoms. The van der Waals surface area contributed by atoms with Gasteiger partial charge in [-0.2, -0.15) is 0 Å². The second-order valence-electron chi connectivity index (χ2n) is 31.4. The fourth-order valence-electron chi connectivity index (χ4n) is 13.5. The second kappa shape index (κ2) is 78.7. The summed E-state index contributed by atoms with van der Waals surface area (Å²) in [6, 6.07) is 0. The van der Waals surface area contributed by atoms with Gasteiger partial charge in [0.2, 0.25) is 0 Å². The van der Waals surface area contributed by atoms with Gasteiger partial charge in [0, 0.05) is 25.7 Å². The standard InChI is InChI=1S/C86H168O17P2/c1-6-9-12-15-18-21-24-27-29-31-33-35-37-39-45-50-55-60-65-70-84(89)97-76-82(102-85(90)71-66-61-56-51-46-40-38-36-34-32-30-28-25-22-19-16-13-10-7-2)78-101-105(94,95)99-74-80(87)73-98-104(92,93)100-77-81(75-96-83(88)69-64-59-54-49-44-26-23-20-17-14-11-8-3)103-86(91)72-67-62-57-52-47-42-41-43-48-53-58-63-68-79(4)5/h79-82,87H,6-78H2,1-5H3,(H,92,93)(H,94,95)/t80-,81+,82+/m0/s1. The van der Waals surface area contributed by atoms with Gasteiger partial charge in [-0.05, 0) is 31.6 Å². The van der Waals surface area contributed by atoms with E-state index >= 15 is 0 Å². The first-order chi connectivity index (χ1) is 51.0. The molecule has 0 aliphatic carbocycles. The first-order valence-corrected chi connectivity index (χ1v) is 47.6. The highest BCUT2D eigenvalue weighted by Gasteiger charge is 2.30. The number of phosphoric ester groups is 2. The van der Waals surface area contributed by atoms with Crippen LogP contribution in [0.15, 0.2) is 0 Å². The van der Waals surface area contributed by atoms with Crippen LogP contribution < -0.4 is 0 Å². The molecule has 3 N–H and O–H groups in total. The van der Waals surface area contributed by atoms with E-state index in [9.17, 15) is 43.2 Å². The van der Waals surface area contributed by atoms with Crippen LogP contribution in [0.3, 0.4) is 0 Å². The zero-order valence-electron chi connectivity index (χ0n) is 68.9. The smallest absolute Gasteiger partial charge is 0.462 e. The van der Waals surface area contributed by atoms with E-state index in [1.54, 1.807) is 0 Å². The topological polar surface area (TPSA) is 237 Å². The Morgan fingerprint density at radius 1 is 0.257 bits per heavy atom. The van der Waals surface area contributed by atoms with Crippen molar-refractivity contribution in [2.24, 2.45) is 5.92 Å². The third-order valence-corrected chi connectivity index (χ3v) is 22.2. The molecule has 0 aromatic heterocycles. The number of phosphoric acid groups is 2.